The first-order valence-electron chi connectivity index (χ1n) is 7.67. The Bertz CT molecular complexity index is 778. The first-order valence-corrected chi connectivity index (χ1v) is 8.46. The highest BCUT2D eigenvalue weighted by atomic mass is 79.9. The minimum Gasteiger partial charge on any atom is -0.490 e. The Morgan fingerprint density at radius 2 is 2.08 bits per heavy atom. The van der Waals surface area contributed by atoms with Crippen LogP contribution in [0.1, 0.15) is 18.1 Å². The molecule has 0 atom stereocenters. The van der Waals surface area contributed by atoms with E-state index in [1.54, 1.807) is 12.1 Å². The lowest BCUT2D eigenvalue weighted by Crippen LogP contribution is -2.21. The van der Waals surface area contributed by atoms with Gasteiger partial charge in [0.25, 0.3) is 5.91 Å². The molecule has 2 aromatic carbocycles. The molecule has 0 aliphatic carbocycles. The summed E-state index contributed by atoms with van der Waals surface area (Å²) in [6.07, 6.45) is 1.28. The highest BCUT2D eigenvalue weighted by Crippen LogP contribution is 2.36. The van der Waals surface area contributed by atoms with E-state index in [1.165, 1.54) is 6.21 Å². The molecule has 0 saturated heterocycles. The van der Waals surface area contributed by atoms with Crippen LogP contribution in [0.3, 0.4) is 0 Å². The van der Waals surface area contributed by atoms with E-state index >= 15 is 0 Å². The number of nitrogens with zero attached hydrogens (tertiary/aromatic N) is 1. The van der Waals surface area contributed by atoms with Gasteiger partial charge in [-0.2, -0.15) is 0 Å². The summed E-state index contributed by atoms with van der Waals surface area (Å²) in [4.78, 5) is 12.1. The normalized spacial score (nSPS) is 10.7. The highest BCUT2D eigenvalue weighted by Gasteiger charge is 2.14. The van der Waals surface area contributed by atoms with Crippen molar-refractivity contribution in [2.45, 2.75) is 13.8 Å². The second-order valence-electron chi connectivity index (χ2n) is 5.16. The van der Waals surface area contributed by atoms with Gasteiger partial charge in [-0.05, 0) is 53.5 Å². The minimum absolute atomic E-state index is 0.166. The summed E-state index contributed by atoms with van der Waals surface area (Å²) >= 11 is 3.39. The third-order valence-electron chi connectivity index (χ3n) is 3.31. The average molecular weight is 407 g/mol. The average Bonchev–Trinajstić information content (AvgIpc) is 2.57. The summed E-state index contributed by atoms with van der Waals surface area (Å²) in [5.74, 6) is 0.594. The van der Waals surface area contributed by atoms with Gasteiger partial charge in [0.05, 0.1) is 17.3 Å². The molecule has 0 heterocycles. The Labute approximate surface area is 154 Å². The summed E-state index contributed by atoms with van der Waals surface area (Å²) in [7, 11) is 0. The molecule has 0 bridgehead atoms. The van der Waals surface area contributed by atoms with Crippen molar-refractivity contribution in [1.29, 1.82) is 0 Å². The molecule has 0 fully saturated rings. The second kappa shape index (κ2) is 9.08. The van der Waals surface area contributed by atoms with Crippen molar-refractivity contribution < 1.29 is 19.5 Å². The zero-order valence-corrected chi connectivity index (χ0v) is 15.5. The SMILES string of the molecule is CCOc1cc(/C=N/O)cc(Br)c1OCC(=O)Nc1ccccc1C. The summed E-state index contributed by atoms with van der Waals surface area (Å²) in [6, 6.07) is 10.9. The maximum Gasteiger partial charge on any atom is 0.262 e. The number of benzene rings is 2. The molecule has 2 rings (SSSR count). The molecule has 25 heavy (non-hydrogen) atoms. The van der Waals surface area contributed by atoms with Crippen molar-refractivity contribution in [3.8, 4) is 11.5 Å². The van der Waals surface area contributed by atoms with Crippen LogP contribution >= 0.6 is 15.9 Å². The Balaban J connectivity index is 2.11. The lowest BCUT2D eigenvalue weighted by molar-refractivity contribution is -0.118. The predicted octanol–water partition coefficient (Wildman–Crippen LogP) is 3.98. The molecule has 2 N–H and O–H groups in total. The van der Waals surface area contributed by atoms with Gasteiger partial charge in [0.2, 0.25) is 0 Å². The Hall–Kier alpha value is -2.54. The van der Waals surface area contributed by atoms with E-state index < -0.39 is 0 Å². The van der Waals surface area contributed by atoms with Gasteiger partial charge < -0.3 is 20.0 Å². The van der Waals surface area contributed by atoms with E-state index in [4.69, 9.17) is 14.7 Å². The van der Waals surface area contributed by atoms with Gasteiger partial charge in [0.1, 0.15) is 0 Å². The molecule has 0 spiro atoms. The largest absolute Gasteiger partial charge is 0.490 e. The molecule has 0 unspecified atom stereocenters. The standard InChI is InChI=1S/C18H19BrN2O4/c1-3-24-16-9-13(10-20-23)8-14(19)18(16)25-11-17(22)21-15-7-5-4-6-12(15)2/h4-10,23H,3,11H2,1-2H3,(H,21,22)/b20-10+. The van der Waals surface area contributed by atoms with Crippen molar-refractivity contribution in [3.63, 3.8) is 0 Å². The van der Waals surface area contributed by atoms with Crippen LogP contribution in [0, 0.1) is 6.92 Å². The highest BCUT2D eigenvalue weighted by molar-refractivity contribution is 9.10. The summed E-state index contributed by atoms with van der Waals surface area (Å²) in [5, 5.41) is 14.5. The van der Waals surface area contributed by atoms with Crippen LogP contribution < -0.4 is 14.8 Å². The molecule has 132 valence electrons. The zero-order chi connectivity index (χ0) is 18.2. The second-order valence-corrected chi connectivity index (χ2v) is 6.01. The fraction of sp³-hybridized carbons (Fsp3) is 0.222. The van der Waals surface area contributed by atoms with Crippen molar-refractivity contribution in [2.24, 2.45) is 5.16 Å². The van der Waals surface area contributed by atoms with E-state index in [9.17, 15) is 4.79 Å². The molecule has 0 aromatic heterocycles. The number of hydrogen-bond donors (Lipinski definition) is 2. The molecule has 7 heteroatoms. The van der Waals surface area contributed by atoms with Gasteiger partial charge in [-0.1, -0.05) is 23.4 Å². The van der Waals surface area contributed by atoms with Gasteiger partial charge in [-0.25, -0.2) is 0 Å². The van der Waals surface area contributed by atoms with Gasteiger partial charge in [-0.15, -0.1) is 0 Å². The van der Waals surface area contributed by atoms with Crippen molar-refractivity contribution in [3.05, 3.63) is 52.0 Å². The fourth-order valence-corrected chi connectivity index (χ4v) is 2.74. The van der Waals surface area contributed by atoms with Crippen LogP contribution in [-0.2, 0) is 4.79 Å². The molecule has 6 nitrogen and oxygen atoms in total. The van der Waals surface area contributed by atoms with Gasteiger partial charge in [0.15, 0.2) is 18.1 Å². The van der Waals surface area contributed by atoms with E-state index in [0.717, 1.165) is 11.3 Å². The van der Waals surface area contributed by atoms with Crippen LogP contribution in [0.2, 0.25) is 0 Å². The number of aryl methyl sites for hydroxylation is 1. The topological polar surface area (TPSA) is 80.2 Å². The number of ether oxygens (including phenoxy) is 2. The first kappa shape index (κ1) is 18.8. The lowest BCUT2D eigenvalue weighted by Gasteiger charge is -2.15. The van der Waals surface area contributed by atoms with Gasteiger partial charge in [-0.3, -0.25) is 4.79 Å². The van der Waals surface area contributed by atoms with Gasteiger partial charge in [0, 0.05) is 11.3 Å². The molecule has 0 saturated carbocycles. The predicted molar refractivity (Wildman–Crippen MR) is 100.0 cm³/mol. The van der Waals surface area contributed by atoms with Crippen LogP contribution in [0.4, 0.5) is 5.69 Å². The number of oxime groups is 1. The maximum absolute atomic E-state index is 12.1. The lowest BCUT2D eigenvalue weighted by atomic mass is 10.2. The monoisotopic (exact) mass is 406 g/mol. The van der Waals surface area contributed by atoms with Crippen molar-refractivity contribution >= 4 is 33.7 Å². The third-order valence-corrected chi connectivity index (χ3v) is 3.89. The minimum atomic E-state index is -0.273. The van der Waals surface area contributed by atoms with E-state index in [0.29, 0.717) is 28.1 Å². The number of hydrogen-bond acceptors (Lipinski definition) is 5. The molecule has 0 aliphatic heterocycles. The maximum atomic E-state index is 12.1. The zero-order valence-electron chi connectivity index (χ0n) is 14.0. The Morgan fingerprint density at radius 1 is 1.32 bits per heavy atom. The van der Waals surface area contributed by atoms with E-state index in [1.807, 2.05) is 38.1 Å². The number of halogens is 1. The molecule has 0 aliphatic rings. The molecular weight excluding hydrogens is 388 g/mol. The van der Waals surface area contributed by atoms with Crippen LogP contribution in [-0.4, -0.2) is 30.5 Å². The van der Waals surface area contributed by atoms with E-state index in [-0.39, 0.29) is 12.5 Å². The number of para-hydroxylation sites is 1. The summed E-state index contributed by atoms with van der Waals surface area (Å²) < 4.78 is 11.8. The molecular formula is C18H19BrN2O4. The van der Waals surface area contributed by atoms with Crippen LogP contribution in [0.5, 0.6) is 11.5 Å². The molecule has 0 radical (unpaired) electrons. The van der Waals surface area contributed by atoms with E-state index in [2.05, 4.69) is 26.4 Å². The van der Waals surface area contributed by atoms with Gasteiger partial charge >= 0.3 is 0 Å². The number of carbonyl (C=O) groups is 1. The molecule has 1 amide bonds. The summed E-state index contributed by atoms with van der Waals surface area (Å²) in [5.41, 5.74) is 2.35. The Morgan fingerprint density at radius 3 is 2.76 bits per heavy atom. The number of amides is 1. The van der Waals surface area contributed by atoms with Crippen molar-refractivity contribution in [1.82, 2.24) is 0 Å². The number of anilines is 1. The first-order chi connectivity index (χ1) is 12.0. The summed E-state index contributed by atoms with van der Waals surface area (Å²) in [6.45, 7) is 4.02. The Kier molecular flexibility index (Phi) is 6.82. The number of rotatable bonds is 7. The quantitative estimate of drug-likeness (QED) is 0.413. The smallest absolute Gasteiger partial charge is 0.262 e. The van der Waals surface area contributed by atoms with Crippen LogP contribution in [0.25, 0.3) is 0 Å². The molecule has 2 aromatic rings. The third kappa shape index (κ3) is 5.22. The van der Waals surface area contributed by atoms with Crippen molar-refractivity contribution in [2.75, 3.05) is 18.5 Å². The fourth-order valence-electron chi connectivity index (χ4n) is 2.17. The number of nitrogens with one attached hydrogen (secondary N) is 1. The van der Waals surface area contributed by atoms with Crippen LogP contribution in [0.15, 0.2) is 46.0 Å². The number of carbonyl (C=O) groups excluding carboxylic acids is 1.